The van der Waals surface area contributed by atoms with Crippen LogP contribution in [0.15, 0.2) is 12.4 Å². The fourth-order valence-electron chi connectivity index (χ4n) is 1.33. The van der Waals surface area contributed by atoms with Crippen molar-refractivity contribution in [1.82, 2.24) is 15.1 Å². The van der Waals surface area contributed by atoms with Gasteiger partial charge in [0.25, 0.3) is 6.43 Å². The number of aryl methyl sites for hydroxylation is 1. The Balaban J connectivity index is 2.73. The normalized spacial score (nSPS) is 13.5. The van der Waals surface area contributed by atoms with Crippen LogP contribution in [0.3, 0.4) is 0 Å². The number of aromatic nitrogens is 2. The smallest absolute Gasteiger partial charge is 0.257 e. The topological polar surface area (TPSA) is 29.9 Å². The van der Waals surface area contributed by atoms with E-state index in [1.165, 1.54) is 13.2 Å². The van der Waals surface area contributed by atoms with Gasteiger partial charge in [-0.1, -0.05) is 6.92 Å². The molecule has 0 fully saturated rings. The Morgan fingerprint density at radius 1 is 1.57 bits per heavy atom. The summed E-state index contributed by atoms with van der Waals surface area (Å²) in [5.41, 5.74) is 0.538. The molecule has 14 heavy (non-hydrogen) atoms. The number of hydrogen-bond donors (Lipinski definition) is 1. The Hall–Kier alpha value is -0.970. The third-order valence-electron chi connectivity index (χ3n) is 2.03. The van der Waals surface area contributed by atoms with Gasteiger partial charge in [-0.2, -0.15) is 5.10 Å². The van der Waals surface area contributed by atoms with Crippen LogP contribution < -0.4 is 5.32 Å². The number of nitrogens with zero attached hydrogens (tertiary/aromatic N) is 2. The molecule has 80 valence electrons. The van der Waals surface area contributed by atoms with Crippen LogP contribution >= 0.6 is 0 Å². The van der Waals surface area contributed by atoms with Crippen molar-refractivity contribution in [2.75, 3.05) is 7.05 Å². The molecule has 0 saturated heterocycles. The first-order chi connectivity index (χ1) is 6.69. The average molecular weight is 203 g/mol. The quantitative estimate of drug-likeness (QED) is 0.791. The highest BCUT2D eigenvalue weighted by Gasteiger charge is 2.21. The van der Waals surface area contributed by atoms with Gasteiger partial charge in [0.1, 0.15) is 0 Å². The van der Waals surface area contributed by atoms with Gasteiger partial charge in [-0.05, 0) is 13.5 Å². The summed E-state index contributed by atoms with van der Waals surface area (Å²) in [6.07, 6.45) is 1.69. The second-order valence-electron chi connectivity index (χ2n) is 3.14. The zero-order valence-electron chi connectivity index (χ0n) is 8.37. The van der Waals surface area contributed by atoms with E-state index in [1.54, 1.807) is 10.9 Å². The highest BCUT2D eigenvalue weighted by Crippen LogP contribution is 2.19. The summed E-state index contributed by atoms with van der Waals surface area (Å²) in [7, 11) is 1.52. The molecule has 0 aliphatic heterocycles. The van der Waals surface area contributed by atoms with Crippen LogP contribution in [0.5, 0.6) is 0 Å². The molecule has 5 heteroatoms. The molecule has 1 aromatic rings. The molecule has 0 aromatic carbocycles. The number of alkyl halides is 2. The molecule has 1 N–H and O–H groups in total. The van der Waals surface area contributed by atoms with Crippen LogP contribution in [-0.4, -0.2) is 23.3 Å². The summed E-state index contributed by atoms with van der Waals surface area (Å²) in [5.74, 6) is 0. The van der Waals surface area contributed by atoms with Crippen LogP contribution in [0.25, 0.3) is 0 Å². The van der Waals surface area contributed by atoms with Crippen molar-refractivity contribution in [3.05, 3.63) is 18.0 Å². The second-order valence-corrected chi connectivity index (χ2v) is 3.14. The Labute approximate surface area is 82.1 Å². The summed E-state index contributed by atoms with van der Waals surface area (Å²) in [4.78, 5) is 0. The molecule has 0 bridgehead atoms. The van der Waals surface area contributed by atoms with Crippen LogP contribution in [0.2, 0.25) is 0 Å². The van der Waals surface area contributed by atoms with Crippen molar-refractivity contribution < 1.29 is 8.78 Å². The van der Waals surface area contributed by atoms with Crippen LogP contribution in [0, 0.1) is 0 Å². The second kappa shape index (κ2) is 5.05. The lowest BCUT2D eigenvalue weighted by Crippen LogP contribution is -2.23. The minimum absolute atomic E-state index is 0.538. The zero-order chi connectivity index (χ0) is 10.6. The molecule has 0 spiro atoms. The fourth-order valence-corrected chi connectivity index (χ4v) is 1.33. The monoisotopic (exact) mass is 203 g/mol. The average Bonchev–Trinajstić information content (AvgIpc) is 2.54. The van der Waals surface area contributed by atoms with Gasteiger partial charge in [-0.15, -0.1) is 0 Å². The summed E-state index contributed by atoms with van der Waals surface area (Å²) in [6, 6.07) is -0.916. The molecular formula is C9H15F2N3. The standard InChI is InChI=1S/C9H15F2N3/c1-3-4-14-6-7(5-13-14)8(12-2)9(10)11/h5-6,8-9,12H,3-4H2,1-2H3. The Kier molecular flexibility index (Phi) is 4.00. The molecule has 1 rings (SSSR count). The molecule has 1 unspecified atom stereocenters. The largest absolute Gasteiger partial charge is 0.308 e. The first-order valence-electron chi connectivity index (χ1n) is 4.66. The van der Waals surface area contributed by atoms with Gasteiger partial charge in [0.15, 0.2) is 0 Å². The maximum atomic E-state index is 12.5. The minimum Gasteiger partial charge on any atom is -0.308 e. The van der Waals surface area contributed by atoms with Crippen LogP contribution in [0.4, 0.5) is 8.78 Å². The maximum absolute atomic E-state index is 12.5. The van der Waals surface area contributed by atoms with E-state index in [0.29, 0.717) is 5.56 Å². The Bertz CT molecular complexity index is 273. The van der Waals surface area contributed by atoms with Gasteiger partial charge in [0.05, 0.1) is 12.2 Å². The van der Waals surface area contributed by atoms with Crippen molar-refractivity contribution in [3.63, 3.8) is 0 Å². The Morgan fingerprint density at radius 3 is 2.79 bits per heavy atom. The third kappa shape index (κ3) is 2.51. The van der Waals surface area contributed by atoms with Gasteiger partial charge in [0, 0.05) is 18.3 Å². The van der Waals surface area contributed by atoms with Gasteiger partial charge in [0.2, 0.25) is 0 Å². The van der Waals surface area contributed by atoms with Crippen molar-refractivity contribution >= 4 is 0 Å². The molecular weight excluding hydrogens is 188 g/mol. The minimum atomic E-state index is -2.40. The SMILES string of the molecule is CCCn1cc(C(NC)C(F)F)cn1. The highest BCUT2D eigenvalue weighted by atomic mass is 19.3. The van der Waals surface area contributed by atoms with E-state index in [1.807, 2.05) is 6.92 Å². The molecule has 0 amide bonds. The first-order valence-corrected chi connectivity index (χ1v) is 4.66. The number of hydrogen-bond acceptors (Lipinski definition) is 2. The molecule has 0 saturated carbocycles. The molecule has 0 aliphatic carbocycles. The van der Waals surface area contributed by atoms with E-state index in [9.17, 15) is 8.78 Å². The van der Waals surface area contributed by atoms with E-state index in [0.717, 1.165) is 13.0 Å². The summed E-state index contributed by atoms with van der Waals surface area (Å²) in [5, 5.41) is 6.57. The van der Waals surface area contributed by atoms with E-state index in [4.69, 9.17) is 0 Å². The fraction of sp³-hybridized carbons (Fsp3) is 0.667. The predicted molar refractivity (Wildman–Crippen MR) is 50.3 cm³/mol. The lowest BCUT2D eigenvalue weighted by molar-refractivity contribution is 0.102. The summed E-state index contributed by atoms with van der Waals surface area (Å²) in [6.45, 7) is 2.78. The van der Waals surface area contributed by atoms with Crippen molar-refractivity contribution in [1.29, 1.82) is 0 Å². The lowest BCUT2D eigenvalue weighted by atomic mass is 10.2. The Morgan fingerprint density at radius 2 is 2.29 bits per heavy atom. The van der Waals surface area contributed by atoms with Gasteiger partial charge in [-0.25, -0.2) is 8.78 Å². The summed E-state index contributed by atoms with van der Waals surface area (Å²) < 4.78 is 26.6. The third-order valence-corrected chi connectivity index (χ3v) is 2.03. The molecule has 3 nitrogen and oxygen atoms in total. The van der Waals surface area contributed by atoms with Gasteiger partial charge in [-0.3, -0.25) is 4.68 Å². The van der Waals surface area contributed by atoms with Crippen molar-refractivity contribution in [3.8, 4) is 0 Å². The van der Waals surface area contributed by atoms with Gasteiger partial charge < -0.3 is 5.32 Å². The number of halogens is 2. The van der Waals surface area contributed by atoms with Crippen LogP contribution in [-0.2, 0) is 6.54 Å². The van der Waals surface area contributed by atoms with E-state index >= 15 is 0 Å². The van der Waals surface area contributed by atoms with Crippen molar-refractivity contribution in [2.24, 2.45) is 0 Å². The number of rotatable bonds is 5. The van der Waals surface area contributed by atoms with Crippen LogP contribution in [0.1, 0.15) is 24.9 Å². The molecule has 1 aromatic heterocycles. The predicted octanol–water partition coefficient (Wildman–Crippen LogP) is 1.82. The van der Waals surface area contributed by atoms with E-state index in [2.05, 4.69) is 10.4 Å². The van der Waals surface area contributed by atoms with E-state index in [-0.39, 0.29) is 0 Å². The first kappa shape index (κ1) is 11.1. The highest BCUT2D eigenvalue weighted by molar-refractivity contribution is 5.11. The van der Waals surface area contributed by atoms with Crippen molar-refractivity contribution in [2.45, 2.75) is 32.4 Å². The maximum Gasteiger partial charge on any atom is 0.257 e. The van der Waals surface area contributed by atoms with Gasteiger partial charge >= 0.3 is 0 Å². The van der Waals surface area contributed by atoms with E-state index < -0.39 is 12.5 Å². The zero-order valence-corrected chi connectivity index (χ0v) is 8.37. The number of nitrogens with one attached hydrogen (secondary N) is 1. The molecule has 1 heterocycles. The molecule has 0 aliphatic rings. The lowest BCUT2D eigenvalue weighted by Gasteiger charge is -2.12. The molecule has 0 radical (unpaired) electrons. The molecule has 1 atom stereocenters. The summed E-state index contributed by atoms with van der Waals surface area (Å²) >= 11 is 0.